The molecular formula is C13H15ClN4O4S. The zero-order valence-electron chi connectivity index (χ0n) is 12.6. The van der Waals surface area contributed by atoms with E-state index in [-0.39, 0.29) is 21.6 Å². The van der Waals surface area contributed by atoms with Crippen LogP contribution in [0, 0.1) is 0 Å². The first-order valence-corrected chi connectivity index (χ1v) is 8.63. The lowest BCUT2D eigenvalue weighted by atomic mass is 10.3. The van der Waals surface area contributed by atoms with Gasteiger partial charge in [-0.15, -0.1) is 0 Å². The maximum absolute atomic E-state index is 13.0. The van der Waals surface area contributed by atoms with Gasteiger partial charge in [-0.25, -0.2) is 17.4 Å². The minimum atomic E-state index is -3.89. The van der Waals surface area contributed by atoms with E-state index in [1.165, 1.54) is 37.0 Å². The summed E-state index contributed by atoms with van der Waals surface area (Å²) in [7, 11) is -1.05. The van der Waals surface area contributed by atoms with Gasteiger partial charge >= 0.3 is 0 Å². The molecule has 0 saturated heterocycles. The number of rotatable bonds is 4. The lowest BCUT2D eigenvalue weighted by molar-refractivity contribution is 0.386. The van der Waals surface area contributed by atoms with Crippen molar-refractivity contribution in [3.8, 4) is 11.5 Å². The van der Waals surface area contributed by atoms with E-state index in [2.05, 4.69) is 10.1 Å². The highest BCUT2D eigenvalue weighted by atomic mass is 35.5. The smallest absolute Gasteiger partial charge is 0.270 e. The minimum absolute atomic E-state index is 0.0396. The normalized spacial score (nSPS) is 14.5. The number of sulfonamides is 1. The van der Waals surface area contributed by atoms with Gasteiger partial charge in [0.15, 0.2) is 0 Å². The van der Waals surface area contributed by atoms with Crippen LogP contribution in [0.5, 0.6) is 11.5 Å². The van der Waals surface area contributed by atoms with Crippen LogP contribution >= 0.6 is 11.6 Å². The molecule has 0 fully saturated rings. The number of methoxy groups -OCH3 is 2. The number of fused-ring (bicyclic) bond motifs is 1. The van der Waals surface area contributed by atoms with Crippen LogP contribution < -0.4 is 13.8 Å². The fourth-order valence-corrected chi connectivity index (χ4v) is 4.39. The fraction of sp³-hybridized carbons (Fsp3) is 0.385. The van der Waals surface area contributed by atoms with Crippen molar-refractivity contribution in [2.24, 2.45) is 0 Å². The van der Waals surface area contributed by atoms with Gasteiger partial charge in [0.2, 0.25) is 5.95 Å². The quantitative estimate of drug-likeness (QED) is 0.824. The molecule has 0 amide bonds. The number of ether oxygens (including phenoxy) is 2. The van der Waals surface area contributed by atoms with Crippen LogP contribution in [0.1, 0.15) is 6.42 Å². The monoisotopic (exact) mass is 358 g/mol. The summed E-state index contributed by atoms with van der Waals surface area (Å²) in [5.41, 5.74) is 0. The number of aromatic nitrogens is 3. The maximum Gasteiger partial charge on any atom is 0.270 e. The molecule has 1 aliphatic heterocycles. The summed E-state index contributed by atoms with van der Waals surface area (Å²) in [4.78, 5) is 4.00. The Morgan fingerprint density at radius 3 is 2.61 bits per heavy atom. The molecule has 2 heterocycles. The number of nitrogens with zero attached hydrogens (tertiary/aromatic N) is 4. The van der Waals surface area contributed by atoms with Crippen molar-refractivity contribution in [3.63, 3.8) is 0 Å². The second-order valence-corrected chi connectivity index (χ2v) is 7.09. The Morgan fingerprint density at radius 2 is 1.91 bits per heavy atom. The van der Waals surface area contributed by atoms with Gasteiger partial charge in [0, 0.05) is 19.2 Å². The Hall–Kier alpha value is -2.00. The molecule has 0 atom stereocenters. The number of anilines is 1. The van der Waals surface area contributed by atoms with Gasteiger partial charge < -0.3 is 9.47 Å². The Morgan fingerprint density at radius 1 is 1.17 bits per heavy atom. The molecule has 8 nitrogen and oxygen atoms in total. The van der Waals surface area contributed by atoms with E-state index in [0.717, 1.165) is 0 Å². The molecule has 23 heavy (non-hydrogen) atoms. The van der Waals surface area contributed by atoms with E-state index in [0.29, 0.717) is 25.3 Å². The van der Waals surface area contributed by atoms with Gasteiger partial charge in [-0.3, -0.25) is 0 Å². The van der Waals surface area contributed by atoms with E-state index in [1.54, 1.807) is 4.68 Å². The average Bonchev–Trinajstić information content (AvgIpc) is 3.02. The summed E-state index contributed by atoms with van der Waals surface area (Å²) < 4.78 is 39.2. The van der Waals surface area contributed by atoms with Crippen molar-refractivity contribution in [1.82, 2.24) is 14.8 Å². The first-order valence-electron chi connectivity index (χ1n) is 6.81. The van der Waals surface area contributed by atoms with Crippen LogP contribution in [0.2, 0.25) is 5.02 Å². The second kappa shape index (κ2) is 5.89. The fourth-order valence-electron chi connectivity index (χ4n) is 2.45. The van der Waals surface area contributed by atoms with Crippen LogP contribution in [0.3, 0.4) is 0 Å². The van der Waals surface area contributed by atoms with E-state index < -0.39 is 10.0 Å². The van der Waals surface area contributed by atoms with E-state index in [1.807, 2.05) is 0 Å². The van der Waals surface area contributed by atoms with Crippen molar-refractivity contribution in [3.05, 3.63) is 23.5 Å². The molecule has 0 N–H and O–H groups in total. The molecule has 1 aromatic heterocycles. The maximum atomic E-state index is 13.0. The highest BCUT2D eigenvalue weighted by molar-refractivity contribution is 7.93. The molecule has 0 aliphatic carbocycles. The predicted molar refractivity (Wildman–Crippen MR) is 83.7 cm³/mol. The van der Waals surface area contributed by atoms with Gasteiger partial charge in [-0.1, -0.05) is 11.6 Å². The van der Waals surface area contributed by atoms with Crippen LogP contribution in [0.4, 0.5) is 5.95 Å². The Kier molecular flexibility index (Phi) is 4.07. The number of benzene rings is 1. The molecule has 0 bridgehead atoms. The molecule has 0 spiro atoms. The van der Waals surface area contributed by atoms with Crippen molar-refractivity contribution in [2.45, 2.75) is 17.9 Å². The van der Waals surface area contributed by atoms with Crippen molar-refractivity contribution in [2.75, 3.05) is 25.1 Å². The number of halogens is 1. The number of hydrogen-bond donors (Lipinski definition) is 0. The standard InChI is InChI=1S/C13H15ClN4O4S/c1-21-10-7-11(22-2)12(6-9(10)14)23(19,20)18-5-3-4-17-13(18)15-8-16-17/h6-8H,3-5H2,1-2H3. The first kappa shape index (κ1) is 15.9. The molecule has 0 radical (unpaired) electrons. The Balaban J connectivity index is 2.13. The Labute approximate surface area is 138 Å². The summed E-state index contributed by atoms with van der Waals surface area (Å²) >= 11 is 6.09. The zero-order valence-corrected chi connectivity index (χ0v) is 14.1. The zero-order chi connectivity index (χ0) is 16.6. The van der Waals surface area contributed by atoms with Crippen LogP contribution in [-0.2, 0) is 16.6 Å². The molecule has 2 aromatic rings. The summed E-state index contributed by atoms with van der Waals surface area (Å²) in [6.45, 7) is 0.940. The summed E-state index contributed by atoms with van der Waals surface area (Å²) in [5, 5.41) is 4.21. The first-order chi connectivity index (χ1) is 11.0. The summed E-state index contributed by atoms with van der Waals surface area (Å²) in [6.07, 6.45) is 1.98. The molecule has 1 aliphatic rings. The largest absolute Gasteiger partial charge is 0.495 e. The molecule has 124 valence electrons. The molecule has 0 unspecified atom stereocenters. The van der Waals surface area contributed by atoms with Gasteiger partial charge in [0.25, 0.3) is 10.0 Å². The molecule has 0 saturated carbocycles. The van der Waals surface area contributed by atoms with Gasteiger partial charge in [0.05, 0.1) is 19.2 Å². The van der Waals surface area contributed by atoms with Crippen LogP contribution in [0.15, 0.2) is 23.4 Å². The number of hydrogen-bond acceptors (Lipinski definition) is 6. The highest BCUT2D eigenvalue weighted by Gasteiger charge is 2.34. The van der Waals surface area contributed by atoms with E-state index >= 15 is 0 Å². The molecule has 3 rings (SSSR count). The van der Waals surface area contributed by atoms with Crippen LogP contribution in [0.25, 0.3) is 0 Å². The minimum Gasteiger partial charge on any atom is -0.495 e. The van der Waals surface area contributed by atoms with Crippen LogP contribution in [-0.4, -0.2) is 43.9 Å². The lowest BCUT2D eigenvalue weighted by Gasteiger charge is -2.27. The van der Waals surface area contributed by atoms with Crippen molar-refractivity contribution in [1.29, 1.82) is 0 Å². The van der Waals surface area contributed by atoms with Crippen molar-refractivity contribution >= 4 is 27.6 Å². The van der Waals surface area contributed by atoms with E-state index in [9.17, 15) is 8.42 Å². The van der Waals surface area contributed by atoms with E-state index in [4.69, 9.17) is 21.1 Å². The summed E-state index contributed by atoms with van der Waals surface area (Å²) in [6, 6.07) is 2.77. The van der Waals surface area contributed by atoms with Gasteiger partial charge in [-0.05, 0) is 12.5 Å². The van der Waals surface area contributed by atoms with Gasteiger partial charge in [0.1, 0.15) is 22.7 Å². The number of aryl methyl sites for hydroxylation is 1. The predicted octanol–water partition coefficient (Wildman–Crippen LogP) is 1.55. The lowest BCUT2D eigenvalue weighted by Crippen LogP contribution is -2.38. The third-order valence-corrected chi connectivity index (χ3v) is 5.65. The topological polar surface area (TPSA) is 86.5 Å². The molecular weight excluding hydrogens is 344 g/mol. The van der Waals surface area contributed by atoms with Gasteiger partial charge in [-0.2, -0.15) is 10.1 Å². The molecule has 10 heteroatoms. The second-order valence-electron chi connectivity index (χ2n) is 4.85. The third kappa shape index (κ3) is 2.59. The molecule has 1 aromatic carbocycles. The summed E-state index contributed by atoms with van der Waals surface area (Å²) in [5.74, 6) is 0.775. The average molecular weight is 359 g/mol. The third-order valence-electron chi connectivity index (χ3n) is 3.56. The Bertz CT molecular complexity index is 836. The van der Waals surface area contributed by atoms with Crippen molar-refractivity contribution < 1.29 is 17.9 Å². The highest BCUT2D eigenvalue weighted by Crippen LogP contribution is 2.37. The SMILES string of the molecule is COc1cc(OC)c(S(=O)(=O)N2CCCn3ncnc32)cc1Cl.